The molecule has 0 spiro atoms. The van der Waals surface area contributed by atoms with Crippen LogP contribution in [0.3, 0.4) is 0 Å². The van der Waals surface area contributed by atoms with Gasteiger partial charge in [0, 0.05) is 0 Å². The number of hydrogen-bond donors (Lipinski definition) is 0. The average molecular weight is 154 g/mol. The molecule has 0 saturated carbocycles. The van der Waals surface area contributed by atoms with Crippen molar-refractivity contribution in [2.24, 2.45) is 0 Å². The Hall–Kier alpha value is -0.850. The molecule has 0 aliphatic carbocycles. The van der Waals surface area contributed by atoms with Crippen molar-refractivity contribution in [2.75, 3.05) is 0 Å². The Morgan fingerprint density at radius 3 is 2.73 bits per heavy atom. The van der Waals surface area contributed by atoms with E-state index in [9.17, 15) is 4.39 Å². The molecule has 62 valence electrons. The van der Waals surface area contributed by atoms with Crippen LogP contribution in [-0.2, 0) is 0 Å². The van der Waals surface area contributed by atoms with Crippen molar-refractivity contribution in [3.63, 3.8) is 0 Å². The Labute approximate surface area is 68.1 Å². The van der Waals surface area contributed by atoms with Gasteiger partial charge in [0.25, 0.3) is 0 Å². The molecule has 0 fully saturated rings. The van der Waals surface area contributed by atoms with Gasteiger partial charge in [0.2, 0.25) is 0 Å². The molecule has 0 bridgehead atoms. The number of rotatable bonds is 4. The molecular formula is C10H15F. The van der Waals surface area contributed by atoms with Crippen LogP contribution < -0.4 is 0 Å². The molecule has 0 N–H and O–H groups in total. The van der Waals surface area contributed by atoms with Gasteiger partial charge in [-0.1, -0.05) is 31.6 Å². The maximum Gasteiger partial charge on any atom is 0.122 e. The van der Waals surface area contributed by atoms with Gasteiger partial charge in [0.1, 0.15) is 5.83 Å². The predicted octanol–water partition coefficient (Wildman–Crippen LogP) is 3.77. The van der Waals surface area contributed by atoms with E-state index in [0.29, 0.717) is 0 Å². The first kappa shape index (κ1) is 10.2. The van der Waals surface area contributed by atoms with E-state index < -0.39 is 0 Å². The number of unbranched alkanes of at least 4 members (excludes halogenated alkanes) is 1. The fraction of sp³-hybridized carbons (Fsp3) is 0.400. The van der Waals surface area contributed by atoms with E-state index in [0.717, 1.165) is 12.8 Å². The highest BCUT2D eigenvalue weighted by atomic mass is 19.1. The van der Waals surface area contributed by atoms with Gasteiger partial charge in [-0.25, -0.2) is 4.39 Å². The molecule has 0 aliphatic heterocycles. The summed E-state index contributed by atoms with van der Waals surface area (Å²) in [5.41, 5.74) is 0. The Kier molecular flexibility index (Phi) is 6.70. The van der Waals surface area contributed by atoms with E-state index >= 15 is 0 Å². The van der Waals surface area contributed by atoms with Gasteiger partial charge < -0.3 is 0 Å². The highest BCUT2D eigenvalue weighted by molar-refractivity contribution is 5.16. The number of allylic oxidation sites excluding steroid dienone is 6. The Morgan fingerprint density at radius 1 is 1.45 bits per heavy atom. The van der Waals surface area contributed by atoms with Gasteiger partial charge in [0.15, 0.2) is 0 Å². The summed E-state index contributed by atoms with van der Waals surface area (Å²) in [5.74, 6) is -0.184. The Balaban J connectivity index is 3.74. The molecule has 0 aromatic carbocycles. The van der Waals surface area contributed by atoms with Crippen molar-refractivity contribution >= 4 is 0 Å². The van der Waals surface area contributed by atoms with Gasteiger partial charge >= 0.3 is 0 Å². The molecule has 11 heavy (non-hydrogen) atoms. The zero-order chi connectivity index (χ0) is 8.53. The minimum absolute atomic E-state index is 0.184. The van der Waals surface area contributed by atoms with E-state index in [2.05, 4.69) is 6.92 Å². The first-order chi connectivity index (χ1) is 5.31. The second-order valence-electron chi connectivity index (χ2n) is 2.27. The largest absolute Gasteiger partial charge is 0.207 e. The summed E-state index contributed by atoms with van der Waals surface area (Å²) in [6.45, 7) is 3.93. The van der Waals surface area contributed by atoms with Crippen molar-refractivity contribution in [1.82, 2.24) is 0 Å². The molecule has 0 heterocycles. The maximum absolute atomic E-state index is 12.6. The van der Waals surface area contributed by atoms with Crippen LogP contribution in [0.2, 0.25) is 0 Å². The second kappa shape index (κ2) is 7.26. The first-order valence-electron chi connectivity index (χ1n) is 3.96. The monoisotopic (exact) mass is 154 g/mol. The Morgan fingerprint density at radius 2 is 2.18 bits per heavy atom. The quantitative estimate of drug-likeness (QED) is 0.541. The maximum atomic E-state index is 12.6. The fourth-order valence-corrected chi connectivity index (χ4v) is 0.606. The molecule has 0 aromatic heterocycles. The zero-order valence-corrected chi connectivity index (χ0v) is 7.18. The first-order valence-corrected chi connectivity index (χ1v) is 3.96. The molecule has 0 saturated heterocycles. The van der Waals surface area contributed by atoms with Crippen molar-refractivity contribution in [3.05, 3.63) is 36.2 Å². The van der Waals surface area contributed by atoms with Gasteiger partial charge in [-0.2, -0.15) is 0 Å². The molecule has 1 heteroatoms. The molecule has 0 aromatic rings. The minimum Gasteiger partial charge on any atom is -0.207 e. The van der Waals surface area contributed by atoms with Crippen LogP contribution >= 0.6 is 0 Å². The van der Waals surface area contributed by atoms with E-state index in [1.807, 2.05) is 13.0 Å². The van der Waals surface area contributed by atoms with Gasteiger partial charge in [-0.3, -0.25) is 0 Å². The van der Waals surface area contributed by atoms with Crippen LogP contribution in [0.4, 0.5) is 4.39 Å². The fourth-order valence-electron chi connectivity index (χ4n) is 0.606. The third kappa shape index (κ3) is 7.04. The SMILES string of the molecule is C/C=C/C=C(F)\C=C\CCC. The molecule has 0 rings (SSSR count). The van der Waals surface area contributed by atoms with Crippen LogP contribution in [0.5, 0.6) is 0 Å². The summed E-state index contributed by atoms with van der Waals surface area (Å²) >= 11 is 0. The smallest absolute Gasteiger partial charge is 0.122 e. The van der Waals surface area contributed by atoms with Crippen molar-refractivity contribution in [1.29, 1.82) is 0 Å². The van der Waals surface area contributed by atoms with Gasteiger partial charge in [-0.15, -0.1) is 0 Å². The number of hydrogen-bond acceptors (Lipinski definition) is 0. The molecule has 0 nitrogen and oxygen atoms in total. The normalized spacial score (nSPS) is 13.5. The Bertz CT molecular complexity index is 164. The lowest BCUT2D eigenvalue weighted by atomic mass is 10.3. The molecule has 0 unspecified atom stereocenters. The summed E-state index contributed by atoms with van der Waals surface area (Å²) < 4.78 is 12.6. The van der Waals surface area contributed by atoms with E-state index in [-0.39, 0.29) is 5.83 Å². The van der Waals surface area contributed by atoms with Gasteiger partial charge in [-0.05, 0) is 25.5 Å². The van der Waals surface area contributed by atoms with E-state index in [1.165, 1.54) is 12.2 Å². The van der Waals surface area contributed by atoms with Gasteiger partial charge in [0.05, 0.1) is 0 Å². The van der Waals surface area contributed by atoms with Crippen molar-refractivity contribution < 1.29 is 4.39 Å². The third-order valence-electron chi connectivity index (χ3n) is 1.18. The van der Waals surface area contributed by atoms with Crippen LogP contribution in [-0.4, -0.2) is 0 Å². The lowest BCUT2D eigenvalue weighted by Crippen LogP contribution is -1.65. The lowest BCUT2D eigenvalue weighted by molar-refractivity contribution is 0.666. The molecule has 0 amide bonds. The minimum atomic E-state index is -0.184. The molecular weight excluding hydrogens is 139 g/mol. The highest BCUT2D eigenvalue weighted by Gasteiger charge is 1.81. The zero-order valence-electron chi connectivity index (χ0n) is 7.18. The number of halogens is 1. The summed E-state index contributed by atoms with van der Waals surface area (Å²) in [5, 5.41) is 0. The third-order valence-corrected chi connectivity index (χ3v) is 1.18. The molecule has 0 atom stereocenters. The van der Waals surface area contributed by atoms with Crippen LogP contribution in [0, 0.1) is 0 Å². The van der Waals surface area contributed by atoms with Crippen molar-refractivity contribution in [2.45, 2.75) is 26.7 Å². The van der Waals surface area contributed by atoms with E-state index in [1.54, 1.807) is 12.2 Å². The summed E-state index contributed by atoms with van der Waals surface area (Å²) in [4.78, 5) is 0. The van der Waals surface area contributed by atoms with Crippen molar-refractivity contribution in [3.8, 4) is 0 Å². The highest BCUT2D eigenvalue weighted by Crippen LogP contribution is 2.00. The van der Waals surface area contributed by atoms with Crippen LogP contribution in [0.25, 0.3) is 0 Å². The van der Waals surface area contributed by atoms with E-state index in [4.69, 9.17) is 0 Å². The topological polar surface area (TPSA) is 0 Å². The summed E-state index contributed by atoms with van der Waals surface area (Å²) in [6.07, 6.45) is 10.3. The van der Waals surface area contributed by atoms with Crippen LogP contribution in [0.15, 0.2) is 36.2 Å². The average Bonchev–Trinajstić information content (AvgIpc) is 2.01. The summed E-state index contributed by atoms with van der Waals surface area (Å²) in [7, 11) is 0. The lowest BCUT2D eigenvalue weighted by Gasteiger charge is -1.84. The molecule has 0 aliphatic rings. The second-order valence-corrected chi connectivity index (χ2v) is 2.27. The van der Waals surface area contributed by atoms with Crippen LogP contribution in [0.1, 0.15) is 26.7 Å². The summed E-state index contributed by atoms with van der Waals surface area (Å²) in [6, 6.07) is 0. The standard InChI is InChI=1S/C10H15F/c1-3-5-7-9-10(11)8-6-4-2/h4,6-9H,3,5H2,1-2H3/b6-4+,9-7+,10-8+. The molecule has 0 radical (unpaired) electrons. The predicted molar refractivity (Wildman–Crippen MR) is 48.1 cm³/mol.